The van der Waals surface area contributed by atoms with Crippen LogP contribution in [0.4, 0.5) is 0 Å². The second-order valence-electron chi connectivity index (χ2n) is 0.481. The van der Waals surface area contributed by atoms with E-state index in [1.165, 1.54) is 0 Å². The number of hydrogen-bond donors (Lipinski definition) is 0. The Morgan fingerprint density at radius 3 is 2.00 bits per heavy atom. The molecule has 0 aromatic rings. The van der Waals surface area contributed by atoms with Crippen molar-refractivity contribution in [1.82, 2.24) is 0 Å². The smallest absolute Gasteiger partial charge is 0.231 e. The molecule has 1 rings (SSSR count). The monoisotopic (exact) mass is 58.0 g/mol. The first-order valence-corrected chi connectivity index (χ1v) is 0.987. The molecule has 0 fully saturated rings. The van der Waals surface area contributed by atoms with Crippen LogP contribution in [-0.4, -0.2) is 6.73 Å². The minimum absolute atomic E-state index is 0.458. The topological polar surface area (TPSA) is 34.0 Å². The van der Waals surface area contributed by atoms with Crippen LogP contribution in [0.2, 0.25) is 0 Å². The normalized spacial score (nSPS) is 18.0. The van der Waals surface area contributed by atoms with Crippen molar-refractivity contribution in [3.8, 4) is 0 Å². The summed E-state index contributed by atoms with van der Waals surface area (Å²) in [6.45, 7) is 0.458. The zero-order valence-corrected chi connectivity index (χ0v) is 2.01. The van der Waals surface area contributed by atoms with Gasteiger partial charge in [0.15, 0.2) is 0 Å². The van der Waals surface area contributed by atoms with E-state index in [1.807, 2.05) is 0 Å². The third-order valence-corrected chi connectivity index (χ3v) is 0.231. The van der Waals surface area contributed by atoms with Crippen molar-refractivity contribution < 1.29 is 4.84 Å². The predicted octanol–water partition coefficient (Wildman–Crippen LogP) is 0.341. The summed E-state index contributed by atoms with van der Waals surface area (Å²) in [5.41, 5.74) is 0. The second-order valence-corrected chi connectivity index (χ2v) is 0.481. The first kappa shape index (κ1) is 1.69. The van der Waals surface area contributed by atoms with Crippen LogP contribution in [0.3, 0.4) is 0 Å². The Hall–Kier alpha value is -0.600. The van der Waals surface area contributed by atoms with Gasteiger partial charge in [0.25, 0.3) is 0 Å². The Morgan fingerprint density at radius 2 is 2.00 bits per heavy atom. The van der Waals surface area contributed by atoms with Gasteiger partial charge in [-0.2, -0.15) is 0 Å². The third-order valence-electron chi connectivity index (χ3n) is 0.231. The zero-order valence-electron chi connectivity index (χ0n) is 2.01. The van der Waals surface area contributed by atoms with Gasteiger partial charge >= 0.3 is 0 Å². The Labute approximate surface area is 23.2 Å². The van der Waals surface area contributed by atoms with Crippen molar-refractivity contribution in [2.75, 3.05) is 6.73 Å². The predicted molar refractivity (Wildman–Crippen MR) is 10.8 cm³/mol. The van der Waals surface area contributed by atoms with Gasteiger partial charge in [-0.15, -0.1) is 5.11 Å². The molecular weight excluding hydrogens is 56.0 g/mol. The van der Waals surface area contributed by atoms with Crippen LogP contribution in [0.25, 0.3) is 0 Å². The van der Waals surface area contributed by atoms with E-state index in [4.69, 9.17) is 0 Å². The summed E-state index contributed by atoms with van der Waals surface area (Å²) < 4.78 is 0. The summed E-state index contributed by atoms with van der Waals surface area (Å²) in [5, 5.41) is 6.36. The largest absolute Gasteiger partial charge is 0.354 e. The molecule has 22 valence electrons. The van der Waals surface area contributed by atoms with E-state index in [2.05, 4.69) is 15.2 Å². The van der Waals surface area contributed by atoms with Crippen LogP contribution in [0.5, 0.6) is 0 Å². The van der Waals surface area contributed by atoms with Crippen LogP contribution in [0.15, 0.2) is 10.4 Å². The van der Waals surface area contributed by atoms with Gasteiger partial charge in [-0.3, -0.25) is 0 Å². The fraction of sp³-hybridized carbons (Fsp3) is 1.00. The molecule has 1 aliphatic heterocycles. The molecule has 0 aromatic heterocycles. The molecule has 3 nitrogen and oxygen atoms in total. The highest BCUT2D eigenvalue weighted by Crippen LogP contribution is 1.88. The highest BCUT2D eigenvalue weighted by Gasteiger charge is 1.83. The van der Waals surface area contributed by atoms with Gasteiger partial charge in [-0.05, 0) is 0 Å². The molecule has 4 heavy (non-hydrogen) atoms. The molecule has 0 radical (unpaired) electrons. The second kappa shape index (κ2) is 0.407. The SMILES string of the molecule is C1N=NO1. The lowest BCUT2D eigenvalue weighted by Gasteiger charge is -1.93. The molecule has 0 N–H and O–H groups in total. The molecule has 0 bridgehead atoms. The quantitative estimate of drug-likeness (QED) is 0.395. The summed E-state index contributed by atoms with van der Waals surface area (Å²) in [6, 6.07) is 0. The Kier molecular flexibility index (Phi) is 0.172. The Balaban J connectivity index is 2.47. The van der Waals surface area contributed by atoms with Crippen molar-refractivity contribution >= 4 is 0 Å². The average molecular weight is 58.0 g/mol. The van der Waals surface area contributed by atoms with E-state index >= 15 is 0 Å². The summed E-state index contributed by atoms with van der Waals surface area (Å²) in [4.78, 5) is 4.18. The summed E-state index contributed by atoms with van der Waals surface area (Å²) in [5.74, 6) is 0. The Morgan fingerprint density at radius 1 is 1.75 bits per heavy atom. The van der Waals surface area contributed by atoms with Crippen LogP contribution >= 0.6 is 0 Å². The minimum Gasteiger partial charge on any atom is -0.354 e. The number of hydrogen-bond acceptors (Lipinski definition) is 3. The molecule has 0 spiro atoms. The van der Waals surface area contributed by atoms with E-state index in [9.17, 15) is 0 Å². The fourth-order valence-electron chi connectivity index (χ4n) is 0.0577. The third kappa shape index (κ3) is 0.0194. The molecule has 0 saturated heterocycles. The molecule has 1 heterocycles. The zero-order chi connectivity index (χ0) is 2.83. The van der Waals surface area contributed by atoms with Crippen molar-refractivity contribution in [3.05, 3.63) is 0 Å². The van der Waals surface area contributed by atoms with Gasteiger partial charge in [-0.1, -0.05) is 0 Å². The molecule has 0 saturated carbocycles. The average Bonchev–Trinajstić information content (AvgIpc) is 0.722. The maximum absolute atomic E-state index is 4.18. The fourth-order valence-corrected chi connectivity index (χ4v) is 0.0577. The van der Waals surface area contributed by atoms with Gasteiger partial charge in [0.2, 0.25) is 6.73 Å². The Bertz CT molecular complexity index is 35.3. The van der Waals surface area contributed by atoms with E-state index in [1.54, 1.807) is 0 Å². The summed E-state index contributed by atoms with van der Waals surface area (Å²) in [7, 11) is 0. The molecule has 0 aromatic carbocycles. The van der Waals surface area contributed by atoms with E-state index in [0.717, 1.165) is 0 Å². The van der Waals surface area contributed by atoms with Crippen molar-refractivity contribution in [3.63, 3.8) is 0 Å². The van der Waals surface area contributed by atoms with Crippen molar-refractivity contribution in [1.29, 1.82) is 0 Å². The van der Waals surface area contributed by atoms with Gasteiger partial charge in [0.1, 0.15) is 0 Å². The number of rotatable bonds is 0. The van der Waals surface area contributed by atoms with Gasteiger partial charge in [-0.25, -0.2) is 0 Å². The maximum Gasteiger partial charge on any atom is 0.231 e. The lowest BCUT2D eigenvalue weighted by molar-refractivity contribution is 0.0489. The van der Waals surface area contributed by atoms with Gasteiger partial charge in [0, 0.05) is 5.28 Å². The molecule has 3 heteroatoms. The molecule has 0 aliphatic carbocycles. The van der Waals surface area contributed by atoms with E-state index in [-0.39, 0.29) is 0 Å². The van der Waals surface area contributed by atoms with Crippen LogP contribution in [0, 0.1) is 0 Å². The highest BCUT2D eigenvalue weighted by molar-refractivity contribution is 4.15. The summed E-state index contributed by atoms with van der Waals surface area (Å²) >= 11 is 0. The van der Waals surface area contributed by atoms with Crippen LogP contribution < -0.4 is 0 Å². The number of nitrogens with zero attached hydrogens (tertiary/aromatic N) is 2. The molecule has 1 aliphatic rings. The highest BCUT2D eigenvalue weighted by atomic mass is 16.7. The van der Waals surface area contributed by atoms with Crippen LogP contribution in [-0.2, 0) is 4.84 Å². The maximum atomic E-state index is 4.18. The van der Waals surface area contributed by atoms with Gasteiger partial charge < -0.3 is 4.84 Å². The molecule has 0 atom stereocenters. The molecule has 0 unspecified atom stereocenters. The van der Waals surface area contributed by atoms with Gasteiger partial charge in [0.05, 0.1) is 0 Å². The summed E-state index contributed by atoms with van der Waals surface area (Å²) in [6.07, 6.45) is 0. The lowest BCUT2D eigenvalue weighted by Crippen LogP contribution is -1.88. The molecule has 0 amide bonds. The van der Waals surface area contributed by atoms with Crippen molar-refractivity contribution in [2.45, 2.75) is 0 Å². The van der Waals surface area contributed by atoms with Crippen LogP contribution in [0.1, 0.15) is 0 Å². The van der Waals surface area contributed by atoms with Crippen molar-refractivity contribution in [2.24, 2.45) is 10.4 Å². The minimum atomic E-state index is 0.458. The molecular formula is CH2N2O. The lowest BCUT2D eigenvalue weighted by atomic mass is 11.3. The first-order chi connectivity index (χ1) is 2.00. The standard InChI is InChI=1S/CH2N2O/c1-2-3-4-1/h1H2. The first-order valence-electron chi connectivity index (χ1n) is 0.987. The van der Waals surface area contributed by atoms with E-state index in [0.29, 0.717) is 6.73 Å². The van der Waals surface area contributed by atoms with E-state index < -0.39 is 0 Å².